The van der Waals surface area contributed by atoms with E-state index in [4.69, 9.17) is 11.6 Å². The van der Waals surface area contributed by atoms with Crippen molar-refractivity contribution in [2.45, 2.75) is 53.1 Å². The van der Waals surface area contributed by atoms with Crippen molar-refractivity contribution in [2.75, 3.05) is 18.0 Å². The van der Waals surface area contributed by atoms with Gasteiger partial charge in [0.05, 0.1) is 5.60 Å². The van der Waals surface area contributed by atoms with Crippen LogP contribution in [0, 0.1) is 6.92 Å². The van der Waals surface area contributed by atoms with Crippen molar-refractivity contribution >= 4 is 17.4 Å². The Hall–Kier alpha value is -0.870. The largest absolute Gasteiger partial charge is 0.389 e. The van der Waals surface area contributed by atoms with Gasteiger partial charge in [0.15, 0.2) is 0 Å². The van der Waals surface area contributed by atoms with Gasteiger partial charge in [0.25, 0.3) is 0 Å². The van der Waals surface area contributed by atoms with Gasteiger partial charge in [-0.05, 0) is 34.1 Å². The molecule has 19 heavy (non-hydrogen) atoms. The van der Waals surface area contributed by atoms with Crippen LogP contribution in [0.1, 0.15) is 45.5 Å². The van der Waals surface area contributed by atoms with E-state index in [9.17, 15) is 5.11 Å². The second-order valence-corrected chi connectivity index (χ2v) is 5.81. The summed E-state index contributed by atoms with van der Waals surface area (Å²) in [5.41, 5.74) is 0.0951. The van der Waals surface area contributed by atoms with Gasteiger partial charge in [0.1, 0.15) is 16.8 Å². The zero-order valence-corrected chi connectivity index (χ0v) is 13.3. The van der Waals surface area contributed by atoms with Crippen LogP contribution >= 0.6 is 11.6 Å². The van der Waals surface area contributed by atoms with Gasteiger partial charge in [-0.25, -0.2) is 9.97 Å². The molecule has 0 aromatic carbocycles. The SMILES string of the molecule is CCCc1nc(Cl)c(C)c(N(CC)CC(C)(C)O)n1. The predicted molar refractivity (Wildman–Crippen MR) is 80.0 cm³/mol. The topological polar surface area (TPSA) is 49.2 Å². The summed E-state index contributed by atoms with van der Waals surface area (Å²) in [6.07, 6.45) is 1.80. The van der Waals surface area contributed by atoms with E-state index in [-0.39, 0.29) is 0 Å². The van der Waals surface area contributed by atoms with Gasteiger partial charge in [-0.15, -0.1) is 0 Å². The second kappa shape index (κ2) is 6.53. The van der Waals surface area contributed by atoms with Crippen molar-refractivity contribution < 1.29 is 5.11 Å². The minimum atomic E-state index is -0.773. The first-order chi connectivity index (χ1) is 8.78. The van der Waals surface area contributed by atoms with E-state index in [1.54, 1.807) is 13.8 Å². The van der Waals surface area contributed by atoms with Gasteiger partial charge in [-0.2, -0.15) is 0 Å². The molecule has 0 bridgehead atoms. The maximum Gasteiger partial charge on any atom is 0.137 e. The van der Waals surface area contributed by atoms with Crippen molar-refractivity contribution in [1.29, 1.82) is 0 Å². The van der Waals surface area contributed by atoms with Crippen molar-refractivity contribution in [3.63, 3.8) is 0 Å². The quantitative estimate of drug-likeness (QED) is 0.817. The van der Waals surface area contributed by atoms with Crippen LogP contribution in [-0.2, 0) is 6.42 Å². The smallest absolute Gasteiger partial charge is 0.137 e. The number of anilines is 1. The number of aliphatic hydroxyl groups is 1. The number of rotatable bonds is 6. The fourth-order valence-electron chi connectivity index (χ4n) is 1.97. The summed E-state index contributed by atoms with van der Waals surface area (Å²) in [5.74, 6) is 1.59. The molecule has 1 heterocycles. The van der Waals surface area contributed by atoms with Crippen LogP contribution in [0.3, 0.4) is 0 Å². The molecule has 108 valence electrons. The highest BCUT2D eigenvalue weighted by molar-refractivity contribution is 6.30. The molecule has 0 fully saturated rings. The van der Waals surface area contributed by atoms with E-state index in [1.807, 2.05) is 18.7 Å². The van der Waals surface area contributed by atoms with Gasteiger partial charge in [-0.1, -0.05) is 18.5 Å². The zero-order valence-electron chi connectivity index (χ0n) is 12.5. The highest BCUT2D eigenvalue weighted by Crippen LogP contribution is 2.25. The van der Waals surface area contributed by atoms with E-state index in [0.29, 0.717) is 11.7 Å². The number of likely N-dealkylation sites (N-methyl/N-ethyl adjacent to an activating group) is 1. The highest BCUT2D eigenvalue weighted by atomic mass is 35.5. The fourth-order valence-corrected chi connectivity index (χ4v) is 2.15. The molecule has 1 N–H and O–H groups in total. The molecule has 0 aliphatic rings. The lowest BCUT2D eigenvalue weighted by Gasteiger charge is -2.30. The molecule has 1 aromatic heterocycles. The lowest BCUT2D eigenvalue weighted by molar-refractivity contribution is 0.0874. The van der Waals surface area contributed by atoms with E-state index < -0.39 is 5.60 Å². The van der Waals surface area contributed by atoms with Crippen molar-refractivity contribution in [3.8, 4) is 0 Å². The van der Waals surface area contributed by atoms with Crippen LogP contribution in [0.25, 0.3) is 0 Å². The first-order valence-electron chi connectivity index (χ1n) is 6.78. The molecule has 0 spiro atoms. The summed E-state index contributed by atoms with van der Waals surface area (Å²) in [6.45, 7) is 10.9. The van der Waals surface area contributed by atoms with Crippen LogP contribution in [0.2, 0.25) is 5.15 Å². The van der Waals surface area contributed by atoms with E-state index in [1.165, 1.54) is 0 Å². The van der Waals surface area contributed by atoms with Gasteiger partial charge in [0, 0.05) is 25.1 Å². The number of hydrogen-bond acceptors (Lipinski definition) is 4. The van der Waals surface area contributed by atoms with Gasteiger partial charge in [0.2, 0.25) is 0 Å². The lowest BCUT2D eigenvalue weighted by atomic mass is 10.1. The molecular formula is C14H24ClN3O. The first-order valence-corrected chi connectivity index (χ1v) is 7.16. The molecule has 5 heteroatoms. The molecule has 0 unspecified atom stereocenters. The maximum atomic E-state index is 10.00. The Morgan fingerprint density at radius 2 is 1.89 bits per heavy atom. The monoisotopic (exact) mass is 285 g/mol. The summed E-state index contributed by atoms with van der Waals surface area (Å²) in [6, 6.07) is 0. The summed E-state index contributed by atoms with van der Waals surface area (Å²) in [5, 5.41) is 10.5. The van der Waals surface area contributed by atoms with Gasteiger partial charge < -0.3 is 10.0 Å². The van der Waals surface area contributed by atoms with Crippen molar-refractivity contribution in [1.82, 2.24) is 9.97 Å². The van der Waals surface area contributed by atoms with Crippen LogP contribution in [0.5, 0.6) is 0 Å². The number of aromatic nitrogens is 2. The Bertz CT molecular complexity index is 429. The lowest BCUT2D eigenvalue weighted by Crippen LogP contribution is -2.39. The molecular weight excluding hydrogens is 262 g/mol. The van der Waals surface area contributed by atoms with Gasteiger partial charge in [-0.3, -0.25) is 0 Å². The first kappa shape index (κ1) is 16.2. The molecule has 0 amide bonds. The van der Waals surface area contributed by atoms with Crippen LogP contribution in [-0.4, -0.2) is 33.8 Å². The minimum absolute atomic E-state index is 0.502. The summed E-state index contributed by atoms with van der Waals surface area (Å²) >= 11 is 6.19. The average Bonchev–Trinajstić information content (AvgIpc) is 2.30. The van der Waals surface area contributed by atoms with Crippen LogP contribution in [0.15, 0.2) is 0 Å². The van der Waals surface area contributed by atoms with Crippen molar-refractivity contribution in [3.05, 3.63) is 16.5 Å². The third-order valence-electron chi connectivity index (χ3n) is 2.84. The predicted octanol–water partition coefficient (Wildman–Crippen LogP) is 2.99. The molecule has 0 saturated heterocycles. The summed E-state index contributed by atoms with van der Waals surface area (Å²) in [4.78, 5) is 10.9. The van der Waals surface area contributed by atoms with E-state index >= 15 is 0 Å². The number of nitrogens with zero attached hydrogens (tertiary/aromatic N) is 3. The maximum absolute atomic E-state index is 10.00. The molecule has 1 rings (SSSR count). The Kier molecular flexibility index (Phi) is 5.56. The van der Waals surface area contributed by atoms with Crippen molar-refractivity contribution in [2.24, 2.45) is 0 Å². The van der Waals surface area contributed by atoms with Crippen LogP contribution < -0.4 is 4.90 Å². The molecule has 0 aliphatic carbocycles. The standard InChI is InChI=1S/C14H24ClN3O/c1-6-8-11-16-12(15)10(3)13(17-11)18(7-2)9-14(4,5)19/h19H,6-9H2,1-5H3. The third kappa shape index (κ3) is 4.62. The molecule has 4 nitrogen and oxygen atoms in total. The summed E-state index contributed by atoms with van der Waals surface area (Å²) < 4.78 is 0. The normalized spacial score (nSPS) is 11.7. The third-order valence-corrected chi connectivity index (χ3v) is 3.21. The summed E-state index contributed by atoms with van der Waals surface area (Å²) in [7, 11) is 0. The highest BCUT2D eigenvalue weighted by Gasteiger charge is 2.21. The number of aryl methyl sites for hydroxylation is 1. The van der Waals surface area contributed by atoms with Gasteiger partial charge >= 0.3 is 0 Å². The van der Waals surface area contributed by atoms with Crippen LogP contribution in [0.4, 0.5) is 5.82 Å². The Morgan fingerprint density at radius 3 is 2.37 bits per heavy atom. The van der Waals surface area contributed by atoms with E-state index in [2.05, 4.69) is 16.9 Å². The molecule has 0 radical (unpaired) electrons. The average molecular weight is 286 g/mol. The fraction of sp³-hybridized carbons (Fsp3) is 0.714. The van der Waals surface area contributed by atoms with E-state index in [0.717, 1.165) is 36.6 Å². The molecule has 0 saturated carbocycles. The Morgan fingerprint density at radius 1 is 1.26 bits per heavy atom. The Balaban J connectivity index is 3.14. The zero-order chi connectivity index (χ0) is 14.6. The number of hydrogen-bond donors (Lipinski definition) is 1. The molecule has 0 aliphatic heterocycles. The Labute approximate surface area is 120 Å². The second-order valence-electron chi connectivity index (χ2n) is 5.46. The molecule has 0 atom stereocenters. The minimum Gasteiger partial charge on any atom is -0.389 e. The molecule has 1 aromatic rings. The number of halogens is 1.